The van der Waals surface area contributed by atoms with Crippen LogP contribution in [0.15, 0.2) is 14.7 Å². The molecule has 0 aromatic carbocycles. The summed E-state index contributed by atoms with van der Waals surface area (Å²) in [7, 11) is -3.38. The Kier molecular flexibility index (Phi) is 5.42. The molecule has 0 saturated heterocycles. The molecule has 1 aliphatic rings. The van der Waals surface area contributed by atoms with E-state index in [4.69, 9.17) is 0 Å². The average molecular weight is 367 g/mol. The van der Waals surface area contributed by atoms with Crippen molar-refractivity contribution in [1.82, 2.24) is 10.0 Å². The molecule has 1 heterocycles. The van der Waals surface area contributed by atoms with E-state index in [2.05, 4.69) is 32.9 Å². The molecule has 1 aromatic rings. The Hall–Kier alpha value is 0.0500. The number of thiophene rings is 1. The second kappa shape index (κ2) is 6.67. The first-order valence-corrected chi connectivity index (χ1v) is 9.63. The maximum absolute atomic E-state index is 12.2. The average Bonchev–Trinajstić information content (AvgIpc) is 2.67. The van der Waals surface area contributed by atoms with Gasteiger partial charge in [0.05, 0.1) is 3.79 Å². The van der Waals surface area contributed by atoms with E-state index in [-0.39, 0.29) is 6.04 Å². The highest BCUT2D eigenvalue weighted by Crippen LogP contribution is 2.32. The second-order valence-electron chi connectivity index (χ2n) is 4.78. The van der Waals surface area contributed by atoms with Crippen LogP contribution in [0.3, 0.4) is 0 Å². The highest BCUT2D eigenvalue weighted by molar-refractivity contribution is 9.11. The third-order valence-electron chi connectivity index (χ3n) is 3.15. The van der Waals surface area contributed by atoms with Gasteiger partial charge in [-0.1, -0.05) is 13.3 Å². The highest BCUT2D eigenvalue weighted by atomic mass is 79.9. The summed E-state index contributed by atoms with van der Waals surface area (Å²) in [6.45, 7) is 3.77. The molecule has 0 amide bonds. The summed E-state index contributed by atoms with van der Waals surface area (Å²) in [5.41, 5.74) is 0. The van der Waals surface area contributed by atoms with Crippen molar-refractivity contribution in [3.05, 3.63) is 14.7 Å². The monoisotopic (exact) mass is 366 g/mol. The first kappa shape index (κ1) is 15.4. The van der Waals surface area contributed by atoms with Gasteiger partial charge in [-0.15, -0.1) is 11.3 Å². The summed E-state index contributed by atoms with van der Waals surface area (Å²) in [5, 5.41) is 3.28. The van der Waals surface area contributed by atoms with Gasteiger partial charge in [-0.2, -0.15) is 0 Å². The molecule has 4 nitrogen and oxygen atoms in total. The third kappa shape index (κ3) is 4.01. The molecule has 2 rings (SSSR count). The van der Waals surface area contributed by atoms with Gasteiger partial charge in [-0.3, -0.25) is 0 Å². The van der Waals surface area contributed by atoms with Gasteiger partial charge in [0.2, 0.25) is 10.0 Å². The lowest BCUT2D eigenvalue weighted by Crippen LogP contribution is -2.39. The molecule has 0 radical (unpaired) electrons. The molecule has 0 atom stereocenters. The molecule has 108 valence electrons. The zero-order valence-electron chi connectivity index (χ0n) is 10.9. The molecule has 1 aliphatic carbocycles. The van der Waals surface area contributed by atoms with Gasteiger partial charge in [0, 0.05) is 17.5 Å². The van der Waals surface area contributed by atoms with E-state index in [1.165, 1.54) is 11.3 Å². The smallest absolute Gasteiger partial charge is 0.242 e. The van der Waals surface area contributed by atoms with E-state index in [0.717, 1.165) is 43.6 Å². The van der Waals surface area contributed by atoms with E-state index >= 15 is 0 Å². The number of rotatable bonds is 7. The van der Waals surface area contributed by atoms with E-state index in [9.17, 15) is 8.42 Å². The Morgan fingerprint density at radius 3 is 2.79 bits per heavy atom. The minimum absolute atomic E-state index is 0.124. The summed E-state index contributed by atoms with van der Waals surface area (Å²) >= 11 is 4.84. The van der Waals surface area contributed by atoms with Crippen molar-refractivity contribution in [1.29, 1.82) is 0 Å². The predicted octanol–water partition coefficient (Wildman–Crippen LogP) is 2.84. The summed E-state index contributed by atoms with van der Waals surface area (Å²) < 4.78 is 27.9. The molecular weight excluding hydrogens is 348 g/mol. The van der Waals surface area contributed by atoms with Crippen LogP contribution in [-0.4, -0.2) is 21.0 Å². The Balaban J connectivity index is 2.06. The predicted molar refractivity (Wildman–Crippen MR) is 82.0 cm³/mol. The van der Waals surface area contributed by atoms with E-state index in [0.29, 0.717) is 8.68 Å². The Morgan fingerprint density at radius 1 is 1.47 bits per heavy atom. The molecule has 0 aliphatic heterocycles. The van der Waals surface area contributed by atoms with Crippen LogP contribution in [-0.2, 0) is 16.6 Å². The quantitative estimate of drug-likeness (QED) is 0.729. The van der Waals surface area contributed by atoms with Crippen LogP contribution in [0.5, 0.6) is 0 Å². The van der Waals surface area contributed by atoms with E-state index < -0.39 is 10.0 Å². The van der Waals surface area contributed by atoms with Crippen molar-refractivity contribution in [2.24, 2.45) is 0 Å². The number of sulfonamides is 1. The molecule has 1 aromatic heterocycles. The standard InChI is InChI=1S/C12H19BrN2O2S2/c1-2-6-14-8-10-7-11(12(13)18-10)19(16,17)15-9-4-3-5-9/h7,9,14-15H,2-6,8H2,1H3. The molecule has 1 saturated carbocycles. The second-order valence-corrected chi connectivity index (χ2v) is 8.91. The number of hydrogen-bond donors (Lipinski definition) is 2. The van der Waals surface area contributed by atoms with Gasteiger partial charge in [0.15, 0.2) is 0 Å². The molecule has 7 heteroatoms. The van der Waals surface area contributed by atoms with Crippen LogP contribution in [0, 0.1) is 0 Å². The maximum atomic E-state index is 12.2. The molecule has 0 spiro atoms. The fourth-order valence-corrected chi connectivity index (χ4v) is 5.82. The summed E-state index contributed by atoms with van der Waals surface area (Å²) in [4.78, 5) is 1.41. The van der Waals surface area contributed by atoms with Crippen LogP contribution in [0.4, 0.5) is 0 Å². The normalized spacial score (nSPS) is 16.5. The molecule has 1 fully saturated rings. The van der Waals surface area contributed by atoms with Crippen LogP contribution in [0.2, 0.25) is 0 Å². The van der Waals surface area contributed by atoms with Crippen LogP contribution in [0.1, 0.15) is 37.5 Å². The number of halogens is 1. The van der Waals surface area contributed by atoms with Gasteiger partial charge in [0.25, 0.3) is 0 Å². The van der Waals surface area contributed by atoms with Crippen LogP contribution >= 0.6 is 27.3 Å². The minimum atomic E-state index is -3.38. The van der Waals surface area contributed by atoms with Gasteiger partial charge < -0.3 is 5.32 Å². The van der Waals surface area contributed by atoms with Gasteiger partial charge >= 0.3 is 0 Å². The van der Waals surface area contributed by atoms with Crippen molar-refractivity contribution in [3.8, 4) is 0 Å². The molecule has 0 unspecified atom stereocenters. The SMILES string of the molecule is CCCNCc1cc(S(=O)(=O)NC2CCC2)c(Br)s1. The Morgan fingerprint density at radius 2 is 2.21 bits per heavy atom. The largest absolute Gasteiger partial charge is 0.312 e. The van der Waals surface area contributed by atoms with Crippen molar-refractivity contribution in [3.63, 3.8) is 0 Å². The van der Waals surface area contributed by atoms with Gasteiger partial charge in [0.1, 0.15) is 4.90 Å². The maximum Gasteiger partial charge on any atom is 0.242 e. The van der Waals surface area contributed by atoms with Crippen molar-refractivity contribution < 1.29 is 8.42 Å². The van der Waals surface area contributed by atoms with Crippen molar-refractivity contribution >= 4 is 37.3 Å². The first-order valence-electron chi connectivity index (χ1n) is 6.54. The lowest BCUT2D eigenvalue weighted by molar-refractivity contribution is 0.383. The van der Waals surface area contributed by atoms with E-state index in [1.54, 1.807) is 6.07 Å². The van der Waals surface area contributed by atoms with Crippen molar-refractivity contribution in [2.45, 2.75) is 50.1 Å². The highest BCUT2D eigenvalue weighted by Gasteiger charge is 2.27. The fourth-order valence-electron chi connectivity index (χ4n) is 1.87. The summed E-state index contributed by atoms with van der Waals surface area (Å²) in [6, 6.07) is 1.89. The van der Waals surface area contributed by atoms with Crippen LogP contribution in [0.25, 0.3) is 0 Å². The van der Waals surface area contributed by atoms with Crippen LogP contribution < -0.4 is 10.0 Å². The molecule has 2 N–H and O–H groups in total. The topological polar surface area (TPSA) is 58.2 Å². The minimum Gasteiger partial charge on any atom is -0.312 e. The number of nitrogens with one attached hydrogen (secondary N) is 2. The summed E-state index contributed by atoms with van der Waals surface area (Å²) in [5.74, 6) is 0. The fraction of sp³-hybridized carbons (Fsp3) is 0.667. The lowest BCUT2D eigenvalue weighted by atomic mass is 9.94. The first-order chi connectivity index (χ1) is 9.03. The Bertz CT molecular complexity index is 524. The molecule has 19 heavy (non-hydrogen) atoms. The third-order valence-corrected chi connectivity index (χ3v) is 6.92. The van der Waals surface area contributed by atoms with Gasteiger partial charge in [-0.05, 0) is 47.8 Å². The lowest BCUT2D eigenvalue weighted by Gasteiger charge is -2.25. The van der Waals surface area contributed by atoms with Gasteiger partial charge in [-0.25, -0.2) is 13.1 Å². The summed E-state index contributed by atoms with van der Waals surface area (Å²) in [6.07, 6.45) is 4.09. The zero-order valence-corrected chi connectivity index (χ0v) is 14.1. The molecular formula is C12H19BrN2O2S2. The Labute approximate surface area is 127 Å². The zero-order chi connectivity index (χ0) is 13.9. The van der Waals surface area contributed by atoms with Crippen molar-refractivity contribution in [2.75, 3.05) is 6.54 Å². The number of hydrogen-bond acceptors (Lipinski definition) is 4. The molecule has 0 bridgehead atoms. The van der Waals surface area contributed by atoms with E-state index in [1.807, 2.05) is 0 Å².